The molecule has 0 aliphatic heterocycles. The van der Waals surface area contributed by atoms with Crippen molar-refractivity contribution in [2.75, 3.05) is 0 Å². The average molecular weight is 653 g/mol. The molecule has 9 aromatic rings. The van der Waals surface area contributed by atoms with Crippen molar-refractivity contribution in [1.82, 2.24) is 9.97 Å². The van der Waals surface area contributed by atoms with E-state index in [1.54, 1.807) is 0 Å². The largest absolute Gasteiger partial charge is 0.228 e. The standard InChI is InChI=1S/C47H28N2S/c1-2-14-30(15-3-1)40-28-41(32-26-25-29-13-4-5-16-31(29)27-32)49-46(48-40)37-21-12-20-34-33-17-6-9-22-38(33)47(43(34)37)39-23-10-7-18-35(39)45-44(47)36-19-8-11-24-42(36)50-45/h1-28H. The highest BCUT2D eigenvalue weighted by Gasteiger charge is 2.54. The average Bonchev–Trinajstić information content (AvgIpc) is 3.82. The summed E-state index contributed by atoms with van der Waals surface area (Å²) >= 11 is 1.91. The van der Waals surface area contributed by atoms with E-state index in [1.165, 1.54) is 64.7 Å². The van der Waals surface area contributed by atoms with Crippen molar-refractivity contribution < 1.29 is 0 Å². The molecule has 3 heteroatoms. The molecule has 2 heterocycles. The molecule has 0 saturated heterocycles. The Morgan fingerprint density at radius 3 is 1.92 bits per heavy atom. The maximum Gasteiger partial charge on any atom is 0.160 e. The van der Waals surface area contributed by atoms with Gasteiger partial charge in [0.15, 0.2) is 5.82 Å². The summed E-state index contributed by atoms with van der Waals surface area (Å²) in [5.41, 5.74) is 13.7. The normalized spacial score (nSPS) is 15.3. The summed E-state index contributed by atoms with van der Waals surface area (Å²) in [6.45, 7) is 0. The number of benzene rings is 7. The van der Waals surface area contributed by atoms with Gasteiger partial charge in [-0.15, -0.1) is 11.3 Å². The molecule has 2 nitrogen and oxygen atoms in total. The Labute approximate surface area is 294 Å². The molecule has 50 heavy (non-hydrogen) atoms. The molecule has 1 spiro atoms. The number of rotatable bonds is 3. The monoisotopic (exact) mass is 652 g/mol. The van der Waals surface area contributed by atoms with Crippen molar-refractivity contribution in [2.24, 2.45) is 0 Å². The minimum atomic E-state index is -0.511. The van der Waals surface area contributed by atoms with Crippen LogP contribution in [0.1, 0.15) is 22.3 Å². The van der Waals surface area contributed by atoms with Crippen LogP contribution in [0.5, 0.6) is 0 Å². The smallest absolute Gasteiger partial charge is 0.160 e. The number of aromatic nitrogens is 2. The van der Waals surface area contributed by atoms with E-state index in [-0.39, 0.29) is 0 Å². The third kappa shape index (κ3) is 3.73. The maximum atomic E-state index is 5.45. The van der Waals surface area contributed by atoms with Crippen LogP contribution in [0.15, 0.2) is 170 Å². The van der Waals surface area contributed by atoms with Crippen molar-refractivity contribution in [3.05, 3.63) is 192 Å². The summed E-state index contributed by atoms with van der Waals surface area (Å²) in [5, 5.41) is 3.73. The highest BCUT2D eigenvalue weighted by Crippen LogP contribution is 2.67. The van der Waals surface area contributed by atoms with E-state index in [1.807, 2.05) is 11.3 Å². The predicted molar refractivity (Wildman–Crippen MR) is 208 cm³/mol. The van der Waals surface area contributed by atoms with Crippen molar-refractivity contribution in [3.63, 3.8) is 0 Å². The topological polar surface area (TPSA) is 25.8 Å². The van der Waals surface area contributed by atoms with E-state index in [2.05, 4.69) is 170 Å². The Hall–Kier alpha value is -6.16. The van der Waals surface area contributed by atoms with E-state index in [9.17, 15) is 0 Å². The van der Waals surface area contributed by atoms with Crippen LogP contribution in [0.3, 0.4) is 0 Å². The Morgan fingerprint density at radius 1 is 0.420 bits per heavy atom. The van der Waals surface area contributed by atoms with E-state index in [0.717, 1.165) is 33.9 Å². The van der Waals surface area contributed by atoms with Gasteiger partial charge in [-0.3, -0.25) is 0 Å². The fourth-order valence-electron chi connectivity index (χ4n) is 8.66. The summed E-state index contributed by atoms with van der Waals surface area (Å²) in [7, 11) is 0. The molecule has 1 atom stereocenters. The Kier molecular flexibility index (Phi) is 5.78. The first kappa shape index (κ1) is 27.8. The third-order valence-electron chi connectivity index (χ3n) is 10.7. The van der Waals surface area contributed by atoms with Crippen LogP contribution in [0.4, 0.5) is 0 Å². The molecular formula is C47H28N2S. The van der Waals surface area contributed by atoms with Gasteiger partial charge >= 0.3 is 0 Å². The van der Waals surface area contributed by atoms with E-state index in [0.29, 0.717) is 0 Å². The number of nitrogens with zero attached hydrogens (tertiary/aromatic N) is 2. The molecule has 1 unspecified atom stereocenters. The highest BCUT2D eigenvalue weighted by molar-refractivity contribution is 7.22. The third-order valence-corrected chi connectivity index (χ3v) is 11.9. The van der Waals surface area contributed by atoms with Crippen molar-refractivity contribution in [2.45, 2.75) is 5.41 Å². The Balaban J connectivity index is 1.25. The lowest BCUT2D eigenvalue weighted by atomic mass is 9.68. The molecular weight excluding hydrogens is 625 g/mol. The molecule has 2 aromatic heterocycles. The molecule has 232 valence electrons. The number of thiophene rings is 1. The number of fused-ring (bicyclic) bond motifs is 13. The van der Waals surface area contributed by atoms with Crippen molar-refractivity contribution >= 4 is 32.2 Å². The van der Waals surface area contributed by atoms with Gasteiger partial charge in [-0.25, -0.2) is 9.97 Å². The Bertz CT molecular complexity index is 2830. The first-order valence-corrected chi connectivity index (χ1v) is 17.9. The number of hydrogen-bond acceptors (Lipinski definition) is 3. The molecule has 2 aliphatic carbocycles. The minimum absolute atomic E-state index is 0.511. The summed E-state index contributed by atoms with van der Waals surface area (Å²) in [5.74, 6) is 0.740. The second-order valence-electron chi connectivity index (χ2n) is 13.3. The first-order chi connectivity index (χ1) is 24.8. The van der Waals surface area contributed by atoms with Crippen molar-refractivity contribution in [1.29, 1.82) is 0 Å². The molecule has 0 saturated carbocycles. The zero-order valence-corrected chi connectivity index (χ0v) is 27.8. The summed E-state index contributed by atoms with van der Waals surface area (Å²) in [4.78, 5) is 12.2. The summed E-state index contributed by atoms with van der Waals surface area (Å²) in [6.07, 6.45) is 0. The van der Waals surface area contributed by atoms with Crippen LogP contribution in [-0.2, 0) is 5.41 Å². The van der Waals surface area contributed by atoms with Crippen LogP contribution in [-0.4, -0.2) is 9.97 Å². The lowest BCUT2D eigenvalue weighted by Gasteiger charge is -2.32. The minimum Gasteiger partial charge on any atom is -0.228 e. The lowest BCUT2D eigenvalue weighted by molar-refractivity contribution is 0.803. The SMILES string of the molecule is c1ccc(-c2cc(-c3ccc4ccccc4c3)nc(-c3cccc4c3C3(c5ccccc5-4)c4ccccc4-c4sc5ccccc5c43)n2)cc1. The zero-order valence-electron chi connectivity index (χ0n) is 27.0. The van der Waals surface area contributed by atoms with E-state index in [4.69, 9.17) is 9.97 Å². The maximum absolute atomic E-state index is 5.45. The molecule has 2 aliphatic rings. The molecule has 0 N–H and O–H groups in total. The fourth-order valence-corrected chi connectivity index (χ4v) is 9.96. The van der Waals surface area contributed by atoms with Gasteiger partial charge in [0.1, 0.15) is 0 Å². The van der Waals surface area contributed by atoms with Crippen LogP contribution in [0, 0.1) is 0 Å². The quantitative estimate of drug-likeness (QED) is 0.190. The van der Waals surface area contributed by atoms with Gasteiger partial charge in [0.2, 0.25) is 0 Å². The predicted octanol–water partition coefficient (Wildman–Crippen LogP) is 12.2. The van der Waals surface area contributed by atoms with Gasteiger partial charge in [-0.1, -0.05) is 152 Å². The Morgan fingerprint density at radius 2 is 1.06 bits per heavy atom. The summed E-state index contributed by atoms with van der Waals surface area (Å²) < 4.78 is 1.32. The van der Waals surface area contributed by atoms with Gasteiger partial charge in [0.05, 0.1) is 16.8 Å². The van der Waals surface area contributed by atoms with Gasteiger partial charge in [0, 0.05) is 26.3 Å². The molecule has 7 aromatic carbocycles. The fraction of sp³-hybridized carbons (Fsp3) is 0.0213. The van der Waals surface area contributed by atoms with Crippen LogP contribution in [0.25, 0.3) is 76.3 Å². The number of hydrogen-bond donors (Lipinski definition) is 0. The van der Waals surface area contributed by atoms with Crippen LogP contribution < -0.4 is 0 Å². The van der Waals surface area contributed by atoms with Crippen molar-refractivity contribution in [3.8, 4) is 55.5 Å². The molecule has 11 rings (SSSR count). The van der Waals surface area contributed by atoms with Crippen LogP contribution in [0.2, 0.25) is 0 Å². The molecule has 0 radical (unpaired) electrons. The van der Waals surface area contributed by atoms with Gasteiger partial charge in [-0.05, 0) is 73.3 Å². The molecule has 0 bridgehead atoms. The zero-order chi connectivity index (χ0) is 32.8. The summed E-state index contributed by atoms with van der Waals surface area (Å²) in [6, 6.07) is 61.5. The first-order valence-electron chi connectivity index (χ1n) is 17.1. The van der Waals surface area contributed by atoms with Gasteiger partial charge in [0.25, 0.3) is 0 Å². The second kappa shape index (κ2) is 10.4. The lowest BCUT2D eigenvalue weighted by Crippen LogP contribution is -2.26. The van der Waals surface area contributed by atoms with Gasteiger partial charge in [-0.2, -0.15) is 0 Å². The molecule has 0 fully saturated rings. The van der Waals surface area contributed by atoms with E-state index < -0.39 is 5.41 Å². The van der Waals surface area contributed by atoms with E-state index >= 15 is 0 Å². The molecule has 0 amide bonds. The van der Waals surface area contributed by atoms with Gasteiger partial charge < -0.3 is 0 Å². The highest BCUT2D eigenvalue weighted by atomic mass is 32.1. The van der Waals surface area contributed by atoms with Crippen LogP contribution >= 0.6 is 11.3 Å². The second-order valence-corrected chi connectivity index (χ2v) is 14.3.